The van der Waals surface area contributed by atoms with Crippen LogP contribution in [-0.2, 0) is 4.79 Å². The molecule has 8 heteroatoms. The highest BCUT2D eigenvalue weighted by Gasteiger charge is 2.34. The lowest BCUT2D eigenvalue weighted by atomic mass is 10.1. The minimum atomic E-state index is -2.95. The number of hydrogen-bond donors (Lipinski definition) is 0. The number of hydrogen-bond acceptors (Lipinski definition) is 5. The van der Waals surface area contributed by atoms with Crippen molar-refractivity contribution in [2.75, 3.05) is 12.0 Å². The molecular formula is C19H15F2NO3S2. The van der Waals surface area contributed by atoms with Gasteiger partial charge >= 0.3 is 6.61 Å². The van der Waals surface area contributed by atoms with Crippen LogP contribution in [0.3, 0.4) is 0 Å². The van der Waals surface area contributed by atoms with E-state index in [4.69, 9.17) is 17.0 Å². The molecule has 0 aliphatic carbocycles. The summed E-state index contributed by atoms with van der Waals surface area (Å²) in [6.45, 7) is -1.04. The first-order valence-corrected chi connectivity index (χ1v) is 9.09. The summed E-state index contributed by atoms with van der Waals surface area (Å²) < 4.78 is 34.8. The molecule has 1 aliphatic rings. The van der Waals surface area contributed by atoms with E-state index in [-0.39, 0.29) is 17.4 Å². The maximum atomic E-state index is 12.8. The van der Waals surface area contributed by atoms with E-state index in [0.29, 0.717) is 14.8 Å². The molecule has 0 saturated carbocycles. The number of thioether (sulfide) groups is 1. The summed E-state index contributed by atoms with van der Waals surface area (Å²) in [5.41, 5.74) is 2.28. The van der Waals surface area contributed by atoms with Crippen molar-refractivity contribution in [3.8, 4) is 11.5 Å². The Morgan fingerprint density at radius 3 is 2.59 bits per heavy atom. The first-order valence-electron chi connectivity index (χ1n) is 7.87. The van der Waals surface area contributed by atoms with Gasteiger partial charge in [0.05, 0.1) is 17.7 Å². The lowest BCUT2D eigenvalue weighted by Crippen LogP contribution is -2.28. The van der Waals surface area contributed by atoms with Crippen molar-refractivity contribution >= 4 is 46.0 Å². The van der Waals surface area contributed by atoms with Crippen molar-refractivity contribution in [2.24, 2.45) is 0 Å². The topological polar surface area (TPSA) is 38.8 Å². The zero-order valence-corrected chi connectivity index (χ0v) is 16.1. The molecule has 0 unspecified atom stereocenters. The summed E-state index contributed by atoms with van der Waals surface area (Å²) in [6, 6.07) is 11.9. The van der Waals surface area contributed by atoms with Crippen molar-refractivity contribution in [2.45, 2.75) is 13.5 Å². The number of thiocarbonyl (C=S) groups is 1. The van der Waals surface area contributed by atoms with Crippen molar-refractivity contribution in [3.05, 3.63) is 58.5 Å². The molecule has 4 nitrogen and oxygen atoms in total. The van der Waals surface area contributed by atoms with E-state index in [0.717, 1.165) is 11.3 Å². The van der Waals surface area contributed by atoms with E-state index >= 15 is 0 Å². The number of halogens is 2. The van der Waals surface area contributed by atoms with Crippen molar-refractivity contribution in [1.29, 1.82) is 0 Å². The molecule has 1 amide bonds. The van der Waals surface area contributed by atoms with Gasteiger partial charge in [0.1, 0.15) is 0 Å². The Kier molecular flexibility index (Phi) is 5.76. The van der Waals surface area contributed by atoms with E-state index in [9.17, 15) is 13.6 Å². The predicted octanol–water partition coefficient (Wildman–Crippen LogP) is 5.01. The highest BCUT2D eigenvalue weighted by atomic mass is 32.2. The number of para-hydroxylation sites is 1. The van der Waals surface area contributed by atoms with E-state index < -0.39 is 6.61 Å². The van der Waals surface area contributed by atoms with Gasteiger partial charge in [-0.2, -0.15) is 8.78 Å². The molecule has 0 bridgehead atoms. The molecule has 2 aromatic carbocycles. The fraction of sp³-hybridized carbons (Fsp3) is 0.158. The predicted molar refractivity (Wildman–Crippen MR) is 106 cm³/mol. The van der Waals surface area contributed by atoms with Gasteiger partial charge in [0.15, 0.2) is 15.8 Å². The number of nitrogens with zero attached hydrogens (tertiary/aromatic N) is 1. The molecule has 27 heavy (non-hydrogen) atoms. The van der Waals surface area contributed by atoms with Crippen LogP contribution in [0.15, 0.2) is 47.4 Å². The van der Waals surface area contributed by atoms with Crippen LogP contribution < -0.4 is 14.4 Å². The Morgan fingerprint density at radius 1 is 1.19 bits per heavy atom. The van der Waals surface area contributed by atoms with Gasteiger partial charge < -0.3 is 9.47 Å². The Balaban J connectivity index is 1.91. The van der Waals surface area contributed by atoms with Crippen LogP contribution >= 0.6 is 24.0 Å². The number of alkyl halides is 2. The number of ether oxygens (including phenoxy) is 2. The third-order valence-corrected chi connectivity index (χ3v) is 5.15. The molecule has 2 aromatic rings. The maximum Gasteiger partial charge on any atom is 0.387 e. The fourth-order valence-corrected chi connectivity index (χ4v) is 3.89. The number of aryl methyl sites for hydroxylation is 1. The van der Waals surface area contributed by atoms with E-state index in [1.807, 2.05) is 31.2 Å². The molecule has 0 atom stereocenters. The number of rotatable bonds is 5. The van der Waals surface area contributed by atoms with Crippen LogP contribution in [0.1, 0.15) is 11.1 Å². The minimum Gasteiger partial charge on any atom is -0.493 e. The lowest BCUT2D eigenvalue weighted by molar-refractivity contribution is -0.113. The molecule has 140 valence electrons. The molecule has 0 spiro atoms. The van der Waals surface area contributed by atoms with Gasteiger partial charge in [-0.05, 0) is 42.3 Å². The average molecular weight is 407 g/mol. The normalized spacial score (nSPS) is 15.7. The van der Waals surface area contributed by atoms with Crippen LogP contribution in [0.5, 0.6) is 11.5 Å². The lowest BCUT2D eigenvalue weighted by Gasteiger charge is -2.16. The Labute approximate surface area is 164 Å². The van der Waals surface area contributed by atoms with Crippen LogP contribution in [0.4, 0.5) is 14.5 Å². The third-order valence-electron chi connectivity index (χ3n) is 3.85. The summed E-state index contributed by atoms with van der Waals surface area (Å²) >= 11 is 6.55. The summed E-state index contributed by atoms with van der Waals surface area (Å²) in [6.07, 6.45) is 1.65. The number of methoxy groups -OCH3 is 1. The number of benzene rings is 2. The number of anilines is 1. The number of carbonyl (C=O) groups excluding carboxylic acids is 1. The van der Waals surface area contributed by atoms with Crippen LogP contribution in [0.25, 0.3) is 6.08 Å². The highest BCUT2D eigenvalue weighted by molar-refractivity contribution is 8.27. The van der Waals surface area contributed by atoms with Gasteiger partial charge in [0.2, 0.25) is 0 Å². The van der Waals surface area contributed by atoms with E-state index in [1.165, 1.54) is 35.9 Å². The Bertz CT molecular complexity index is 931. The minimum absolute atomic E-state index is 0.0721. The smallest absolute Gasteiger partial charge is 0.387 e. The maximum absolute atomic E-state index is 12.8. The van der Waals surface area contributed by atoms with E-state index in [2.05, 4.69) is 4.74 Å². The third kappa shape index (κ3) is 4.12. The van der Waals surface area contributed by atoms with Crippen LogP contribution in [-0.4, -0.2) is 23.9 Å². The highest BCUT2D eigenvalue weighted by Crippen LogP contribution is 2.38. The Hall–Kier alpha value is -2.45. The van der Waals surface area contributed by atoms with Crippen LogP contribution in [0, 0.1) is 6.92 Å². The van der Waals surface area contributed by atoms with Gasteiger partial charge in [-0.25, -0.2) is 0 Å². The second-order valence-electron chi connectivity index (χ2n) is 5.59. The SMILES string of the molecule is COc1cc(/C=C2\SC(=S)N(c3ccccc3C)C2=O)ccc1OC(F)F. The molecule has 0 N–H and O–H groups in total. The van der Waals surface area contributed by atoms with E-state index in [1.54, 1.807) is 12.1 Å². The van der Waals surface area contributed by atoms with Gasteiger partial charge in [0.25, 0.3) is 5.91 Å². The molecule has 0 aromatic heterocycles. The zero-order valence-electron chi connectivity index (χ0n) is 14.4. The van der Waals surface area contributed by atoms with Crippen LogP contribution in [0.2, 0.25) is 0 Å². The van der Waals surface area contributed by atoms with Gasteiger partial charge in [-0.15, -0.1) is 0 Å². The molecule has 0 radical (unpaired) electrons. The average Bonchev–Trinajstić information content (AvgIpc) is 2.90. The summed E-state index contributed by atoms with van der Waals surface area (Å²) in [7, 11) is 1.36. The summed E-state index contributed by atoms with van der Waals surface area (Å²) in [4.78, 5) is 14.8. The van der Waals surface area contributed by atoms with Crippen molar-refractivity contribution in [3.63, 3.8) is 0 Å². The molecule has 3 rings (SSSR count). The Morgan fingerprint density at radius 2 is 1.93 bits per heavy atom. The largest absolute Gasteiger partial charge is 0.493 e. The van der Waals surface area contributed by atoms with Crippen molar-refractivity contribution < 1.29 is 23.0 Å². The molecule has 1 aliphatic heterocycles. The fourth-order valence-electron chi connectivity index (χ4n) is 2.61. The number of carbonyl (C=O) groups is 1. The molecule has 1 fully saturated rings. The number of amides is 1. The van der Waals surface area contributed by atoms with Gasteiger partial charge in [0, 0.05) is 0 Å². The molecule has 1 saturated heterocycles. The summed E-state index contributed by atoms with van der Waals surface area (Å²) in [5, 5.41) is 0. The summed E-state index contributed by atoms with van der Waals surface area (Å²) in [5.74, 6) is -0.151. The molecule has 1 heterocycles. The second kappa shape index (κ2) is 8.06. The van der Waals surface area contributed by atoms with Gasteiger partial charge in [-0.3, -0.25) is 9.69 Å². The second-order valence-corrected chi connectivity index (χ2v) is 7.27. The quantitative estimate of drug-likeness (QED) is 0.515. The zero-order chi connectivity index (χ0) is 19.6. The molecular weight excluding hydrogens is 392 g/mol. The first kappa shape index (κ1) is 19.3. The van der Waals surface area contributed by atoms with Crippen molar-refractivity contribution in [1.82, 2.24) is 0 Å². The monoisotopic (exact) mass is 407 g/mol. The van der Waals surface area contributed by atoms with Gasteiger partial charge in [-0.1, -0.05) is 48.2 Å². The standard InChI is InChI=1S/C19H15F2NO3S2/c1-11-5-3-4-6-13(11)22-17(23)16(27-19(22)26)10-12-7-8-14(25-18(20)21)15(9-12)24-2/h3-10,18H,1-2H3/b16-10-. The first-order chi connectivity index (χ1) is 12.9.